The molecule has 0 atom stereocenters. The fraction of sp³-hybridized carbons (Fsp3) is 0.280. The van der Waals surface area contributed by atoms with E-state index in [1.165, 1.54) is 16.7 Å². The lowest BCUT2D eigenvalue weighted by Crippen LogP contribution is -2.24. The van der Waals surface area contributed by atoms with Crippen molar-refractivity contribution in [1.29, 1.82) is 0 Å². The Labute approximate surface area is 185 Å². The van der Waals surface area contributed by atoms with Crippen LogP contribution in [0, 0.1) is 6.92 Å². The highest BCUT2D eigenvalue weighted by atomic mass is 15.3. The first-order valence-electron chi connectivity index (χ1n) is 10.4. The minimum atomic E-state index is 0.694. The number of nitrogens with one attached hydrogen (secondary N) is 2. The number of allylic oxidation sites excluding steroid dienone is 3. The zero-order valence-corrected chi connectivity index (χ0v) is 19.1. The number of hydrogen-bond acceptors (Lipinski definition) is 5. The molecule has 0 unspecified atom stereocenters. The van der Waals surface area contributed by atoms with Crippen molar-refractivity contribution in [2.45, 2.75) is 20.3 Å². The number of anilines is 4. The standard InChI is InChI=1S/C25H32N6/c1-7-8-19(3)22-15-20(17-26-22)13-14-31(6)25-28-23(16-24(29-25)30(4)5)27-21-11-9-18(2)10-12-21/h7-12,15-17,26H,1,13-14H2,2-6H3,(H,27,28,29)/b19-8-. The second kappa shape index (κ2) is 9.98. The smallest absolute Gasteiger partial charge is 0.229 e. The molecule has 2 N–H and O–H groups in total. The first-order chi connectivity index (χ1) is 14.9. The summed E-state index contributed by atoms with van der Waals surface area (Å²) in [6.07, 6.45) is 6.77. The predicted molar refractivity (Wildman–Crippen MR) is 132 cm³/mol. The van der Waals surface area contributed by atoms with E-state index in [4.69, 9.17) is 9.97 Å². The normalized spacial score (nSPS) is 11.3. The Balaban J connectivity index is 1.74. The van der Waals surface area contributed by atoms with Crippen molar-refractivity contribution in [1.82, 2.24) is 15.0 Å². The van der Waals surface area contributed by atoms with E-state index in [-0.39, 0.29) is 0 Å². The van der Waals surface area contributed by atoms with Crippen molar-refractivity contribution >= 4 is 28.8 Å². The zero-order valence-electron chi connectivity index (χ0n) is 19.1. The van der Waals surface area contributed by atoms with E-state index in [1.54, 1.807) is 6.08 Å². The number of aryl methyl sites for hydroxylation is 1. The first kappa shape index (κ1) is 22.2. The molecular weight excluding hydrogens is 384 g/mol. The molecule has 0 radical (unpaired) electrons. The summed E-state index contributed by atoms with van der Waals surface area (Å²) < 4.78 is 0. The number of nitrogens with zero attached hydrogens (tertiary/aromatic N) is 4. The van der Waals surface area contributed by atoms with Gasteiger partial charge < -0.3 is 20.1 Å². The van der Waals surface area contributed by atoms with Gasteiger partial charge in [0, 0.05) is 51.3 Å². The fourth-order valence-electron chi connectivity index (χ4n) is 3.15. The maximum absolute atomic E-state index is 4.75. The van der Waals surface area contributed by atoms with Crippen LogP contribution < -0.4 is 15.1 Å². The van der Waals surface area contributed by atoms with Crippen LogP contribution in [0.25, 0.3) is 5.57 Å². The van der Waals surface area contributed by atoms with Gasteiger partial charge in [-0.1, -0.05) is 36.4 Å². The number of aromatic amines is 1. The van der Waals surface area contributed by atoms with Gasteiger partial charge in [0.25, 0.3) is 0 Å². The number of hydrogen-bond donors (Lipinski definition) is 2. The zero-order chi connectivity index (χ0) is 22.4. The maximum Gasteiger partial charge on any atom is 0.229 e. The van der Waals surface area contributed by atoms with Gasteiger partial charge in [-0.05, 0) is 49.6 Å². The summed E-state index contributed by atoms with van der Waals surface area (Å²) in [6, 6.07) is 12.4. The topological polar surface area (TPSA) is 60.1 Å². The van der Waals surface area contributed by atoms with Crippen molar-refractivity contribution in [3.8, 4) is 0 Å². The third-order valence-corrected chi connectivity index (χ3v) is 5.10. The molecule has 0 spiro atoms. The van der Waals surface area contributed by atoms with Crippen LogP contribution in [0.3, 0.4) is 0 Å². The minimum Gasteiger partial charge on any atom is -0.363 e. The van der Waals surface area contributed by atoms with Gasteiger partial charge in [0.05, 0.1) is 0 Å². The van der Waals surface area contributed by atoms with Gasteiger partial charge in [-0.3, -0.25) is 0 Å². The van der Waals surface area contributed by atoms with Gasteiger partial charge >= 0.3 is 0 Å². The van der Waals surface area contributed by atoms with Gasteiger partial charge in [0.1, 0.15) is 11.6 Å². The summed E-state index contributed by atoms with van der Waals surface area (Å²) in [5.74, 6) is 2.33. The van der Waals surface area contributed by atoms with E-state index in [0.29, 0.717) is 5.95 Å². The largest absolute Gasteiger partial charge is 0.363 e. The Bertz CT molecular complexity index is 1050. The van der Waals surface area contributed by atoms with Gasteiger partial charge in [0.15, 0.2) is 0 Å². The summed E-state index contributed by atoms with van der Waals surface area (Å²) >= 11 is 0. The number of aromatic nitrogens is 3. The predicted octanol–water partition coefficient (Wildman–Crippen LogP) is 5.19. The van der Waals surface area contributed by atoms with Crippen molar-refractivity contribution in [2.24, 2.45) is 0 Å². The van der Waals surface area contributed by atoms with Crippen LogP contribution in [0.2, 0.25) is 0 Å². The monoisotopic (exact) mass is 416 g/mol. The van der Waals surface area contributed by atoms with Crippen LogP contribution in [-0.4, -0.2) is 42.6 Å². The number of benzene rings is 1. The number of likely N-dealkylation sites (N-methyl/N-ethyl adjacent to an activating group) is 1. The fourth-order valence-corrected chi connectivity index (χ4v) is 3.15. The Morgan fingerprint density at radius 2 is 1.87 bits per heavy atom. The van der Waals surface area contributed by atoms with Crippen molar-refractivity contribution in [3.63, 3.8) is 0 Å². The third-order valence-electron chi connectivity index (χ3n) is 5.10. The average molecular weight is 417 g/mol. The van der Waals surface area contributed by atoms with Gasteiger partial charge in [-0.25, -0.2) is 0 Å². The van der Waals surface area contributed by atoms with E-state index in [9.17, 15) is 0 Å². The Hall–Kier alpha value is -3.54. The molecule has 0 amide bonds. The molecule has 31 heavy (non-hydrogen) atoms. The summed E-state index contributed by atoms with van der Waals surface area (Å²) in [4.78, 5) is 16.9. The van der Waals surface area contributed by atoms with Gasteiger partial charge in [0.2, 0.25) is 5.95 Å². The highest BCUT2D eigenvalue weighted by molar-refractivity contribution is 5.63. The number of H-pyrrole nitrogens is 1. The third kappa shape index (κ3) is 5.98. The second-order valence-corrected chi connectivity index (χ2v) is 7.98. The van der Waals surface area contributed by atoms with E-state index < -0.39 is 0 Å². The average Bonchev–Trinajstić information content (AvgIpc) is 3.23. The van der Waals surface area contributed by atoms with E-state index in [1.807, 2.05) is 38.2 Å². The minimum absolute atomic E-state index is 0.694. The molecule has 3 aromatic rings. The van der Waals surface area contributed by atoms with Gasteiger partial charge in [-0.2, -0.15) is 9.97 Å². The first-order valence-corrected chi connectivity index (χ1v) is 10.4. The Kier molecular flexibility index (Phi) is 7.13. The van der Waals surface area contributed by atoms with Crippen molar-refractivity contribution in [3.05, 3.63) is 78.1 Å². The maximum atomic E-state index is 4.75. The summed E-state index contributed by atoms with van der Waals surface area (Å²) in [7, 11) is 6.01. The Morgan fingerprint density at radius 1 is 1.13 bits per heavy atom. The molecule has 3 rings (SSSR count). The molecule has 2 aromatic heterocycles. The SMILES string of the molecule is C=C/C=C(/C)c1cc(CCN(C)c2nc(Nc3ccc(C)cc3)cc(N(C)C)n2)c[nH]1. The quantitative estimate of drug-likeness (QED) is 0.470. The van der Waals surface area contributed by atoms with Crippen LogP contribution in [0.1, 0.15) is 23.7 Å². The van der Waals surface area contributed by atoms with Crippen molar-refractivity contribution < 1.29 is 0 Å². The second-order valence-electron chi connectivity index (χ2n) is 7.98. The molecule has 1 aromatic carbocycles. The highest BCUT2D eigenvalue weighted by Gasteiger charge is 2.11. The van der Waals surface area contributed by atoms with Crippen LogP contribution in [0.5, 0.6) is 0 Å². The molecule has 0 aliphatic rings. The van der Waals surface area contributed by atoms with E-state index in [2.05, 4.69) is 72.2 Å². The molecule has 0 aliphatic heterocycles. The number of rotatable bonds is 9. The molecule has 2 heterocycles. The lowest BCUT2D eigenvalue weighted by molar-refractivity contribution is 0.836. The molecular formula is C25H32N6. The van der Waals surface area contributed by atoms with E-state index >= 15 is 0 Å². The summed E-state index contributed by atoms with van der Waals surface area (Å²) in [6.45, 7) is 8.73. The van der Waals surface area contributed by atoms with Crippen molar-refractivity contribution in [2.75, 3.05) is 42.8 Å². The molecule has 0 saturated carbocycles. The highest BCUT2D eigenvalue weighted by Crippen LogP contribution is 2.22. The molecule has 0 aliphatic carbocycles. The van der Waals surface area contributed by atoms with E-state index in [0.717, 1.165) is 36.0 Å². The molecule has 0 saturated heterocycles. The van der Waals surface area contributed by atoms with Gasteiger partial charge in [-0.15, -0.1) is 0 Å². The van der Waals surface area contributed by atoms with Crippen LogP contribution >= 0.6 is 0 Å². The summed E-state index contributed by atoms with van der Waals surface area (Å²) in [5, 5.41) is 3.40. The summed E-state index contributed by atoms with van der Waals surface area (Å²) in [5.41, 5.74) is 5.77. The Morgan fingerprint density at radius 3 is 2.55 bits per heavy atom. The lowest BCUT2D eigenvalue weighted by atomic mass is 10.1. The molecule has 0 bridgehead atoms. The molecule has 162 valence electrons. The van der Waals surface area contributed by atoms with Crippen LogP contribution in [0.15, 0.2) is 61.3 Å². The molecule has 6 nitrogen and oxygen atoms in total. The van der Waals surface area contributed by atoms with Crippen LogP contribution in [0.4, 0.5) is 23.3 Å². The molecule has 6 heteroatoms. The molecule has 0 fully saturated rings. The van der Waals surface area contributed by atoms with Crippen LogP contribution in [-0.2, 0) is 6.42 Å². The lowest BCUT2D eigenvalue weighted by Gasteiger charge is -2.21.